The van der Waals surface area contributed by atoms with Crippen molar-refractivity contribution in [2.45, 2.75) is 49.2 Å². The smallest absolute Gasteiger partial charge is 0.300 e. The molecule has 1 aliphatic rings. The molecule has 4 rings (SSSR count). The van der Waals surface area contributed by atoms with Crippen LogP contribution in [0.5, 0.6) is 0 Å². The molecule has 0 radical (unpaired) electrons. The maximum atomic E-state index is 13.6. The highest BCUT2D eigenvalue weighted by Crippen LogP contribution is 2.41. The normalized spacial score (nSPS) is 14.9. The number of thioether (sulfide) groups is 1. The molecule has 4 nitrogen and oxygen atoms in total. The molecule has 0 spiro atoms. The van der Waals surface area contributed by atoms with Gasteiger partial charge in [-0.05, 0) is 42.9 Å². The molecule has 1 aliphatic carbocycles. The lowest BCUT2D eigenvalue weighted by atomic mass is 10.1. The first-order valence-electron chi connectivity index (χ1n) is 9.69. The van der Waals surface area contributed by atoms with E-state index in [4.69, 9.17) is 4.98 Å². The molecule has 0 N–H and O–H groups in total. The zero-order chi connectivity index (χ0) is 22.4. The second-order valence-electron chi connectivity index (χ2n) is 7.38. The van der Waals surface area contributed by atoms with E-state index in [-0.39, 0.29) is 5.52 Å². The fourth-order valence-corrected chi connectivity index (χ4v) is 4.06. The molecule has 0 aliphatic heterocycles. The van der Waals surface area contributed by atoms with E-state index < -0.39 is 24.2 Å². The molecule has 31 heavy (non-hydrogen) atoms. The van der Waals surface area contributed by atoms with Crippen LogP contribution in [0, 0.1) is 0 Å². The highest BCUT2D eigenvalue weighted by molar-refractivity contribution is 7.99. The van der Waals surface area contributed by atoms with E-state index in [1.165, 1.54) is 6.07 Å². The standard InChI is InChI=1S/C21H18F5N3OS/c1-2-31-17-7-6-14(12-3-4-12)28-19(17)15-9-13-5-8-18(30)29(16(13)10-27-15)11-20(22,23)21(24,25)26/h5-10,12H,2-4,11H2,1H3. The summed E-state index contributed by atoms with van der Waals surface area (Å²) < 4.78 is 65.6. The molecule has 1 fully saturated rings. The minimum absolute atomic E-state index is 0.0942. The van der Waals surface area contributed by atoms with Crippen LogP contribution in [0.25, 0.3) is 22.3 Å². The molecule has 1 saturated carbocycles. The van der Waals surface area contributed by atoms with Crippen LogP contribution in [0.4, 0.5) is 22.0 Å². The summed E-state index contributed by atoms with van der Waals surface area (Å²) in [5.41, 5.74) is 1.01. The fourth-order valence-electron chi connectivity index (χ4n) is 3.30. The summed E-state index contributed by atoms with van der Waals surface area (Å²) >= 11 is 1.58. The molecular weight excluding hydrogens is 437 g/mol. The number of halogens is 5. The van der Waals surface area contributed by atoms with Crippen molar-refractivity contribution in [2.24, 2.45) is 0 Å². The van der Waals surface area contributed by atoms with E-state index in [1.54, 1.807) is 17.8 Å². The van der Waals surface area contributed by atoms with Gasteiger partial charge in [0.25, 0.3) is 5.56 Å². The van der Waals surface area contributed by atoms with Gasteiger partial charge in [0, 0.05) is 28.0 Å². The second-order valence-corrected chi connectivity index (χ2v) is 8.68. The lowest BCUT2D eigenvalue weighted by Gasteiger charge is -2.21. The predicted octanol–water partition coefficient (Wildman–Crippen LogP) is 5.65. The zero-order valence-electron chi connectivity index (χ0n) is 16.4. The Labute approximate surface area is 178 Å². The van der Waals surface area contributed by atoms with Gasteiger partial charge in [-0.15, -0.1) is 11.8 Å². The first kappa shape index (κ1) is 21.7. The minimum atomic E-state index is -5.76. The summed E-state index contributed by atoms with van der Waals surface area (Å²) in [5.74, 6) is -3.83. The first-order chi connectivity index (χ1) is 14.6. The lowest BCUT2D eigenvalue weighted by Crippen LogP contribution is -2.42. The average molecular weight is 455 g/mol. The quantitative estimate of drug-likeness (QED) is 0.356. The van der Waals surface area contributed by atoms with Crippen molar-refractivity contribution < 1.29 is 22.0 Å². The highest BCUT2D eigenvalue weighted by Gasteiger charge is 2.57. The number of hydrogen-bond acceptors (Lipinski definition) is 4. The van der Waals surface area contributed by atoms with Gasteiger partial charge < -0.3 is 4.57 Å². The van der Waals surface area contributed by atoms with Gasteiger partial charge in [-0.1, -0.05) is 6.92 Å². The second kappa shape index (κ2) is 7.89. The molecule has 0 saturated heterocycles. The Balaban J connectivity index is 1.81. The number of alkyl halides is 5. The zero-order valence-corrected chi connectivity index (χ0v) is 17.2. The van der Waals surface area contributed by atoms with Crippen molar-refractivity contribution in [3.8, 4) is 11.4 Å². The van der Waals surface area contributed by atoms with Gasteiger partial charge in [0.05, 0.1) is 24.0 Å². The maximum absolute atomic E-state index is 13.6. The molecule has 0 bridgehead atoms. The van der Waals surface area contributed by atoms with Gasteiger partial charge in [0.15, 0.2) is 0 Å². The summed E-state index contributed by atoms with van der Waals surface area (Å²) in [6, 6.07) is 7.89. The third-order valence-corrected chi connectivity index (χ3v) is 5.99. The Morgan fingerprint density at radius 2 is 1.87 bits per heavy atom. The van der Waals surface area contributed by atoms with Crippen LogP contribution in [0.2, 0.25) is 0 Å². The summed E-state index contributed by atoms with van der Waals surface area (Å²) in [7, 11) is 0. The summed E-state index contributed by atoms with van der Waals surface area (Å²) in [4.78, 5) is 22.0. The average Bonchev–Trinajstić information content (AvgIpc) is 3.55. The molecule has 0 aromatic carbocycles. The van der Waals surface area contributed by atoms with Crippen LogP contribution in [0.1, 0.15) is 31.4 Å². The molecule has 0 unspecified atom stereocenters. The highest BCUT2D eigenvalue weighted by atomic mass is 32.2. The van der Waals surface area contributed by atoms with E-state index in [1.807, 2.05) is 19.1 Å². The Kier molecular flexibility index (Phi) is 5.53. The van der Waals surface area contributed by atoms with Gasteiger partial charge in [-0.3, -0.25) is 9.78 Å². The summed E-state index contributed by atoms with van der Waals surface area (Å²) in [5, 5.41) is 0.327. The number of hydrogen-bond donors (Lipinski definition) is 0. The Bertz CT molecular complexity index is 1190. The van der Waals surface area contributed by atoms with E-state index >= 15 is 0 Å². The number of aromatic nitrogens is 3. The van der Waals surface area contributed by atoms with E-state index in [0.29, 0.717) is 27.3 Å². The molecular formula is C21H18F5N3OS. The molecule has 164 valence electrons. The number of nitrogens with zero attached hydrogens (tertiary/aromatic N) is 3. The van der Waals surface area contributed by atoms with Gasteiger partial charge in [-0.2, -0.15) is 22.0 Å². The minimum Gasteiger partial charge on any atom is -0.300 e. The molecule has 3 heterocycles. The van der Waals surface area contributed by atoms with E-state index in [0.717, 1.165) is 41.4 Å². The summed E-state index contributed by atoms with van der Waals surface area (Å²) in [6.07, 6.45) is -2.47. The molecule has 0 atom stereocenters. The van der Waals surface area contributed by atoms with Crippen molar-refractivity contribution in [2.75, 3.05) is 5.75 Å². The number of fused-ring (bicyclic) bond motifs is 1. The summed E-state index contributed by atoms with van der Waals surface area (Å²) in [6.45, 7) is 0.191. The first-order valence-corrected chi connectivity index (χ1v) is 10.7. The Hall–Kier alpha value is -2.49. The van der Waals surface area contributed by atoms with Crippen LogP contribution in [-0.2, 0) is 6.54 Å². The van der Waals surface area contributed by atoms with Crippen molar-refractivity contribution in [1.29, 1.82) is 0 Å². The lowest BCUT2D eigenvalue weighted by molar-refractivity contribution is -0.286. The molecule has 3 aromatic rings. The van der Waals surface area contributed by atoms with Crippen LogP contribution in [-0.4, -0.2) is 32.4 Å². The third-order valence-electron chi connectivity index (χ3n) is 5.07. The largest absolute Gasteiger partial charge is 0.455 e. The topological polar surface area (TPSA) is 47.8 Å². The third kappa shape index (κ3) is 4.30. The SMILES string of the molecule is CCSc1ccc(C2CC2)nc1-c1cc2ccc(=O)n(CC(F)(F)C(F)(F)F)c2cn1. The van der Waals surface area contributed by atoms with Crippen LogP contribution in [0.3, 0.4) is 0 Å². The van der Waals surface area contributed by atoms with Gasteiger partial charge in [-0.25, -0.2) is 4.98 Å². The monoisotopic (exact) mass is 455 g/mol. The Morgan fingerprint density at radius 1 is 1.13 bits per heavy atom. The number of rotatable bonds is 6. The molecule has 0 amide bonds. The van der Waals surface area contributed by atoms with Crippen LogP contribution >= 0.6 is 11.8 Å². The van der Waals surface area contributed by atoms with Crippen LogP contribution < -0.4 is 5.56 Å². The fraction of sp³-hybridized carbons (Fsp3) is 0.381. The molecule has 10 heteroatoms. The van der Waals surface area contributed by atoms with Crippen molar-refractivity contribution in [3.05, 3.63) is 52.6 Å². The van der Waals surface area contributed by atoms with E-state index in [9.17, 15) is 26.7 Å². The van der Waals surface area contributed by atoms with Crippen molar-refractivity contribution in [3.63, 3.8) is 0 Å². The van der Waals surface area contributed by atoms with Crippen molar-refractivity contribution in [1.82, 2.24) is 14.5 Å². The maximum Gasteiger partial charge on any atom is 0.455 e. The van der Waals surface area contributed by atoms with Crippen LogP contribution in [0.15, 0.2) is 46.2 Å². The number of pyridine rings is 3. The van der Waals surface area contributed by atoms with Gasteiger partial charge >= 0.3 is 12.1 Å². The predicted molar refractivity (Wildman–Crippen MR) is 109 cm³/mol. The van der Waals surface area contributed by atoms with E-state index in [2.05, 4.69) is 4.98 Å². The van der Waals surface area contributed by atoms with Crippen molar-refractivity contribution >= 4 is 22.7 Å². The molecule has 3 aromatic heterocycles. The van der Waals surface area contributed by atoms with Gasteiger partial charge in [0.1, 0.15) is 5.69 Å². The Morgan fingerprint density at radius 3 is 2.52 bits per heavy atom. The van der Waals surface area contributed by atoms with Gasteiger partial charge in [0.2, 0.25) is 0 Å².